The molecule has 0 aliphatic carbocycles. The van der Waals surface area contributed by atoms with E-state index in [0.717, 1.165) is 10.2 Å². The van der Waals surface area contributed by atoms with Crippen LogP contribution in [0.4, 0.5) is 0 Å². The van der Waals surface area contributed by atoms with Crippen LogP contribution in [0.3, 0.4) is 0 Å². The normalized spacial score (nSPS) is 9.56. The molecule has 0 bridgehead atoms. The highest BCUT2D eigenvalue weighted by Gasteiger charge is 1.89. The average molecular weight is 204 g/mol. The highest BCUT2D eigenvalue weighted by Crippen LogP contribution is 2.09. The summed E-state index contributed by atoms with van der Waals surface area (Å²) in [5.41, 5.74) is 1.30. The third-order valence-electron chi connectivity index (χ3n) is 1.12. The van der Waals surface area contributed by atoms with Gasteiger partial charge in [0.1, 0.15) is 5.75 Å². The van der Waals surface area contributed by atoms with Crippen LogP contribution in [0.5, 0.6) is 0 Å². The Kier molecular flexibility index (Phi) is 2.61. The fourth-order valence-electron chi connectivity index (χ4n) is 0.602. The first-order valence-electron chi connectivity index (χ1n) is 2.72. The number of halogens is 1. The van der Waals surface area contributed by atoms with Gasteiger partial charge in [-0.1, -0.05) is 28.1 Å². The van der Waals surface area contributed by atoms with Gasteiger partial charge in [0.05, 0.1) is 0 Å². The summed E-state index contributed by atoms with van der Waals surface area (Å²) in [4.78, 5) is 0. The van der Waals surface area contributed by atoms with E-state index < -0.39 is 0 Å². The molecule has 1 aromatic rings. The lowest BCUT2D eigenvalue weighted by molar-refractivity contribution is 1.41. The first-order valence-corrected chi connectivity index (χ1v) is 4.22. The lowest BCUT2D eigenvalue weighted by Crippen LogP contribution is -1.76. The van der Waals surface area contributed by atoms with Crippen molar-refractivity contribution in [2.75, 3.05) is 0 Å². The molecule has 0 aliphatic heterocycles. The monoisotopic (exact) mass is 203 g/mol. The summed E-state index contributed by atoms with van der Waals surface area (Å²) in [6.07, 6.45) is 0. The zero-order chi connectivity index (χ0) is 6.69. The summed E-state index contributed by atoms with van der Waals surface area (Å²) in [6, 6.07) is 8.24. The number of rotatable bonds is 1. The van der Waals surface area contributed by atoms with Crippen LogP contribution in [0.2, 0.25) is 0 Å². The molecule has 0 aromatic heterocycles. The number of hydrogen-bond donors (Lipinski definition) is 0. The lowest BCUT2D eigenvalue weighted by Gasteiger charge is -1.90. The highest BCUT2D eigenvalue weighted by molar-refractivity contribution is 9.10. The van der Waals surface area contributed by atoms with Gasteiger partial charge >= 0.3 is 0 Å². The standard InChI is InChI=1S/C7H7BrS/c8-7-3-1-6(5-9)2-4-7/h1-4,9H,5H2/p+1. The van der Waals surface area contributed by atoms with Gasteiger partial charge in [-0.25, -0.2) is 0 Å². The van der Waals surface area contributed by atoms with Crippen molar-refractivity contribution in [3.05, 3.63) is 34.3 Å². The summed E-state index contributed by atoms with van der Waals surface area (Å²) in [7, 11) is 0. The summed E-state index contributed by atoms with van der Waals surface area (Å²) >= 11 is 6.77. The molecule has 0 aliphatic rings. The molecule has 0 unspecified atom stereocenters. The maximum absolute atomic E-state index is 3.41. The van der Waals surface area contributed by atoms with Crippen LogP contribution in [0.1, 0.15) is 5.56 Å². The van der Waals surface area contributed by atoms with Crippen molar-refractivity contribution in [1.29, 1.82) is 0 Å². The molecule has 9 heavy (non-hydrogen) atoms. The van der Waals surface area contributed by atoms with E-state index in [2.05, 4.69) is 40.7 Å². The fraction of sp³-hybridized carbons (Fsp3) is 0.143. The van der Waals surface area contributed by atoms with E-state index >= 15 is 0 Å². The van der Waals surface area contributed by atoms with Gasteiger partial charge in [-0.2, -0.15) is 0 Å². The van der Waals surface area contributed by atoms with Crippen LogP contribution in [0, 0.1) is 0 Å². The van der Waals surface area contributed by atoms with Crippen molar-refractivity contribution in [3.8, 4) is 0 Å². The second-order valence-electron chi connectivity index (χ2n) is 1.80. The Hall–Kier alpha value is 0.0500. The Morgan fingerprint density at radius 3 is 2.22 bits per heavy atom. The second-order valence-corrected chi connectivity index (χ2v) is 3.07. The maximum atomic E-state index is 3.41. The first-order chi connectivity index (χ1) is 4.33. The van der Waals surface area contributed by atoms with Crippen molar-refractivity contribution < 1.29 is 0 Å². The summed E-state index contributed by atoms with van der Waals surface area (Å²) < 4.78 is 1.13. The third kappa shape index (κ3) is 2.03. The number of hydrogen-bond acceptors (Lipinski definition) is 0. The van der Waals surface area contributed by atoms with Crippen LogP contribution in [-0.4, -0.2) is 0 Å². The van der Waals surface area contributed by atoms with Crippen molar-refractivity contribution in [3.63, 3.8) is 0 Å². The Labute approximate surface area is 68.8 Å². The molecule has 0 spiro atoms. The fourth-order valence-corrected chi connectivity index (χ4v) is 1.10. The van der Waals surface area contributed by atoms with E-state index in [0.29, 0.717) is 0 Å². The average Bonchev–Trinajstić information content (AvgIpc) is 1.90. The molecule has 2 heteroatoms. The van der Waals surface area contributed by atoms with Crippen molar-refractivity contribution >= 4 is 28.6 Å². The van der Waals surface area contributed by atoms with Crippen molar-refractivity contribution in [2.24, 2.45) is 0 Å². The highest BCUT2D eigenvalue weighted by atomic mass is 79.9. The summed E-state index contributed by atoms with van der Waals surface area (Å²) in [6.45, 7) is 0. The molecule has 0 saturated carbocycles. The SMILES string of the molecule is [SH2+]Cc1ccc(Br)cc1. The molecule has 1 aromatic carbocycles. The van der Waals surface area contributed by atoms with Gasteiger partial charge in [-0.3, -0.25) is 0 Å². The van der Waals surface area contributed by atoms with Crippen LogP contribution in [0.15, 0.2) is 28.7 Å². The van der Waals surface area contributed by atoms with Crippen molar-refractivity contribution in [1.82, 2.24) is 0 Å². The molecule has 0 radical (unpaired) electrons. The van der Waals surface area contributed by atoms with E-state index in [-0.39, 0.29) is 0 Å². The largest absolute Gasteiger partial charge is 0.128 e. The molecule has 1 rings (SSSR count). The third-order valence-corrected chi connectivity index (χ3v) is 2.05. The Balaban J connectivity index is 2.88. The van der Waals surface area contributed by atoms with Gasteiger partial charge in [0.2, 0.25) is 0 Å². The Morgan fingerprint density at radius 2 is 1.78 bits per heavy atom. The predicted octanol–water partition coefficient (Wildman–Crippen LogP) is 1.96. The molecular weight excluding hydrogens is 196 g/mol. The number of benzene rings is 1. The van der Waals surface area contributed by atoms with Gasteiger partial charge in [0.15, 0.2) is 0 Å². The summed E-state index contributed by atoms with van der Waals surface area (Å²) in [5.74, 6) is 0.924. The van der Waals surface area contributed by atoms with E-state index in [1.165, 1.54) is 5.56 Å². The molecule has 0 saturated heterocycles. The molecule has 0 atom stereocenters. The van der Waals surface area contributed by atoms with Crippen molar-refractivity contribution in [2.45, 2.75) is 5.75 Å². The van der Waals surface area contributed by atoms with Gasteiger partial charge in [-0.05, 0) is 24.8 Å². The zero-order valence-corrected chi connectivity index (χ0v) is 7.48. The molecule has 0 heterocycles. The van der Waals surface area contributed by atoms with Crippen LogP contribution < -0.4 is 0 Å². The van der Waals surface area contributed by atoms with Gasteiger partial charge < -0.3 is 0 Å². The molecular formula is C7H8BrS+. The van der Waals surface area contributed by atoms with Crippen LogP contribution in [0.25, 0.3) is 0 Å². The maximum Gasteiger partial charge on any atom is 0.128 e. The van der Waals surface area contributed by atoms with E-state index in [9.17, 15) is 0 Å². The molecule has 0 fully saturated rings. The Bertz CT molecular complexity index is 181. The van der Waals surface area contributed by atoms with Gasteiger partial charge in [0.25, 0.3) is 0 Å². The molecule has 0 amide bonds. The predicted molar refractivity (Wildman–Crippen MR) is 48.0 cm³/mol. The quantitative estimate of drug-likeness (QED) is 0.613. The van der Waals surface area contributed by atoms with Crippen LogP contribution in [-0.2, 0) is 18.4 Å². The van der Waals surface area contributed by atoms with E-state index in [4.69, 9.17) is 0 Å². The molecule has 0 N–H and O–H groups in total. The van der Waals surface area contributed by atoms with E-state index in [1.54, 1.807) is 0 Å². The second kappa shape index (κ2) is 3.28. The van der Waals surface area contributed by atoms with Gasteiger partial charge in [0, 0.05) is 10.0 Å². The summed E-state index contributed by atoms with van der Waals surface area (Å²) in [5, 5.41) is 0. The molecule has 48 valence electrons. The minimum atomic E-state index is 0.924. The van der Waals surface area contributed by atoms with E-state index in [1.807, 2.05) is 12.1 Å². The lowest BCUT2D eigenvalue weighted by atomic mass is 10.2. The minimum Gasteiger partial charge on any atom is -0.0532 e. The minimum absolute atomic E-state index is 0.924. The topological polar surface area (TPSA) is 0 Å². The molecule has 0 nitrogen and oxygen atoms in total. The smallest absolute Gasteiger partial charge is 0.0532 e. The van der Waals surface area contributed by atoms with Gasteiger partial charge in [-0.15, -0.1) is 0 Å². The Morgan fingerprint density at radius 1 is 1.22 bits per heavy atom. The van der Waals surface area contributed by atoms with Crippen LogP contribution >= 0.6 is 15.9 Å². The zero-order valence-electron chi connectivity index (χ0n) is 4.89. The first kappa shape index (κ1) is 7.16.